The number of amides is 2. The molecule has 2 amide bonds. The minimum atomic E-state index is -1.40. The molecule has 1 saturated heterocycles. The highest BCUT2D eigenvalue weighted by molar-refractivity contribution is 6.00. The van der Waals surface area contributed by atoms with Crippen LogP contribution in [0.15, 0.2) is 18.2 Å². The summed E-state index contributed by atoms with van der Waals surface area (Å²) < 4.78 is 13.5. The number of urea groups is 1. The van der Waals surface area contributed by atoms with E-state index in [2.05, 4.69) is 12.2 Å². The van der Waals surface area contributed by atoms with Crippen LogP contribution in [0.5, 0.6) is 0 Å². The summed E-state index contributed by atoms with van der Waals surface area (Å²) in [5.74, 6) is -1.67. The summed E-state index contributed by atoms with van der Waals surface area (Å²) in [6.07, 6.45) is 1.84. The largest absolute Gasteiger partial charge is 0.478 e. The highest BCUT2D eigenvalue weighted by Gasteiger charge is 2.23. The van der Waals surface area contributed by atoms with Crippen molar-refractivity contribution in [3.8, 4) is 0 Å². The molecule has 0 bridgehead atoms. The van der Waals surface area contributed by atoms with E-state index < -0.39 is 17.3 Å². The van der Waals surface area contributed by atoms with Gasteiger partial charge in [-0.3, -0.25) is 0 Å². The maximum atomic E-state index is 13.5. The number of nitrogens with one attached hydrogen (secondary N) is 1. The first-order valence-electron chi connectivity index (χ1n) is 6.56. The van der Waals surface area contributed by atoms with E-state index in [1.165, 1.54) is 12.1 Å². The molecule has 2 rings (SSSR count). The standard InChI is InChI=1S/C14H17FN2O3/c1-9-5-7-17(8-6-9)14(20)16-11-4-2-3-10(15)12(11)13(18)19/h2-4,9H,5-8H2,1H3,(H,16,20)(H,18,19). The summed E-state index contributed by atoms with van der Waals surface area (Å²) in [5.41, 5.74) is -0.521. The second kappa shape index (κ2) is 5.90. The summed E-state index contributed by atoms with van der Waals surface area (Å²) in [4.78, 5) is 24.7. The van der Waals surface area contributed by atoms with E-state index in [4.69, 9.17) is 5.11 Å². The van der Waals surface area contributed by atoms with Gasteiger partial charge in [-0.2, -0.15) is 0 Å². The number of carboxylic acid groups (broad SMARTS) is 1. The molecule has 1 aromatic carbocycles. The van der Waals surface area contributed by atoms with Crippen molar-refractivity contribution in [2.24, 2.45) is 5.92 Å². The van der Waals surface area contributed by atoms with Gasteiger partial charge in [0.15, 0.2) is 0 Å². The predicted molar refractivity (Wildman–Crippen MR) is 72.3 cm³/mol. The highest BCUT2D eigenvalue weighted by Crippen LogP contribution is 2.21. The first-order valence-corrected chi connectivity index (χ1v) is 6.56. The van der Waals surface area contributed by atoms with E-state index >= 15 is 0 Å². The summed E-state index contributed by atoms with van der Waals surface area (Å²) >= 11 is 0. The topological polar surface area (TPSA) is 69.6 Å². The summed E-state index contributed by atoms with van der Waals surface area (Å²) in [6.45, 7) is 3.39. The van der Waals surface area contributed by atoms with Crippen molar-refractivity contribution in [3.05, 3.63) is 29.6 Å². The van der Waals surface area contributed by atoms with Gasteiger partial charge in [-0.05, 0) is 30.9 Å². The molecule has 6 heteroatoms. The number of piperidine rings is 1. The second-order valence-corrected chi connectivity index (χ2v) is 5.07. The lowest BCUT2D eigenvalue weighted by Crippen LogP contribution is -2.40. The van der Waals surface area contributed by atoms with Crippen molar-refractivity contribution in [3.63, 3.8) is 0 Å². The number of benzene rings is 1. The minimum absolute atomic E-state index is 0.0129. The predicted octanol–water partition coefficient (Wildman–Crippen LogP) is 2.79. The van der Waals surface area contributed by atoms with Crippen molar-refractivity contribution in [2.45, 2.75) is 19.8 Å². The second-order valence-electron chi connectivity index (χ2n) is 5.07. The average molecular weight is 280 g/mol. The van der Waals surface area contributed by atoms with Gasteiger partial charge in [0.1, 0.15) is 11.4 Å². The maximum Gasteiger partial charge on any atom is 0.340 e. The molecular weight excluding hydrogens is 263 g/mol. The number of hydrogen-bond acceptors (Lipinski definition) is 2. The molecule has 0 aliphatic carbocycles. The van der Waals surface area contributed by atoms with Gasteiger partial charge in [-0.15, -0.1) is 0 Å². The molecule has 2 N–H and O–H groups in total. The lowest BCUT2D eigenvalue weighted by atomic mass is 10.00. The van der Waals surface area contributed by atoms with Gasteiger partial charge in [0.05, 0.1) is 5.69 Å². The maximum absolute atomic E-state index is 13.5. The molecule has 0 spiro atoms. The Bertz CT molecular complexity index is 525. The van der Waals surface area contributed by atoms with E-state index in [0.717, 1.165) is 18.9 Å². The van der Waals surface area contributed by atoms with E-state index in [1.54, 1.807) is 4.90 Å². The Morgan fingerprint density at radius 3 is 2.60 bits per heavy atom. The third kappa shape index (κ3) is 3.07. The fourth-order valence-electron chi connectivity index (χ4n) is 2.25. The van der Waals surface area contributed by atoms with Gasteiger partial charge in [-0.25, -0.2) is 14.0 Å². The number of carboxylic acids is 1. The van der Waals surface area contributed by atoms with Crippen molar-refractivity contribution < 1.29 is 19.1 Å². The van der Waals surface area contributed by atoms with Crippen molar-refractivity contribution in [1.29, 1.82) is 0 Å². The molecule has 0 unspecified atom stereocenters. The quantitative estimate of drug-likeness (QED) is 0.875. The summed E-state index contributed by atoms with van der Waals surface area (Å²) in [6, 6.07) is 3.43. The molecule has 1 aliphatic heterocycles. The van der Waals surface area contributed by atoms with Crippen LogP contribution in [0.3, 0.4) is 0 Å². The van der Waals surface area contributed by atoms with Crippen LogP contribution in [-0.2, 0) is 0 Å². The Morgan fingerprint density at radius 1 is 1.35 bits per heavy atom. The van der Waals surface area contributed by atoms with Crippen LogP contribution in [0.25, 0.3) is 0 Å². The molecule has 0 aromatic heterocycles. The molecule has 1 aromatic rings. The van der Waals surface area contributed by atoms with Crippen molar-refractivity contribution >= 4 is 17.7 Å². The molecule has 1 aliphatic rings. The Kier molecular flexibility index (Phi) is 4.22. The number of rotatable bonds is 2. The first-order chi connectivity index (χ1) is 9.49. The van der Waals surface area contributed by atoms with E-state index in [0.29, 0.717) is 19.0 Å². The van der Waals surface area contributed by atoms with Crippen LogP contribution >= 0.6 is 0 Å². The molecule has 20 heavy (non-hydrogen) atoms. The summed E-state index contributed by atoms with van der Waals surface area (Å²) in [5, 5.41) is 11.5. The monoisotopic (exact) mass is 280 g/mol. The van der Waals surface area contributed by atoms with Gasteiger partial charge in [-0.1, -0.05) is 13.0 Å². The SMILES string of the molecule is CC1CCN(C(=O)Nc2cccc(F)c2C(=O)O)CC1. The number of carbonyl (C=O) groups is 2. The van der Waals surface area contributed by atoms with Crippen LogP contribution in [0.2, 0.25) is 0 Å². The number of hydrogen-bond donors (Lipinski definition) is 2. The molecular formula is C14H17FN2O3. The van der Waals surface area contributed by atoms with Gasteiger partial charge < -0.3 is 15.3 Å². The van der Waals surface area contributed by atoms with Crippen LogP contribution in [0, 0.1) is 11.7 Å². The van der Waals surface area contributed by atoms with Gasteiger partial charge in [0, 0.05) is 13.1 Å². The Morgan fingerprint density at radius 2 is 2.00 bits per heavy atom. The van der Waals surface area contributed by atoms with Crippen molar-refractivity contribution in [1.82, 2.24) is 4.90 Å². The zero-order valence-electron chi connectivity index (χ0n) is 11.2. The lowest BCUT2D eigenvalue weighted by Gasteiger charge is -2.30. The third-order valence-corrected chi connectivity index (χ3v) is 3.54. The molecule has 1 fully saturated rings. The molecule has 0 radical (unpaired) electrons. The first kappa shape index (κ1) is 14.3. The zero-order valence-corrected chi connectivity index (χ0v) is 11.2. The smallest absolute Gasteiger partial charge is 0.340 e. The van der Waals surface area contributed by atoms with E-state index in [1.807, 2.05) is 0 Å². The molecule has 108 valence electrons. The van der Waals surface area contributed by atoms with Gasteiger partial charge in [0.25, 0.3) is 0 Å². The highest BCUT2D eigenvalue weighted by atomic mass is 19.1. The number of halogens is 1. The van der Waals surface area contributed by atoms with Crippen LogP contribution < -0.4 is 5.32 Å². The molecule has 1 heterocycles. The average Bonchev–Trinajstić information content (AvgIpc) is 2.39. The number of carbonyl (C=O) groups excluding carboxylic acids is 1. The molecule has 0 atom stereocenters. The number of likely N-dealkylation sites (tertiary alicyclic amines) is 1. The Hall–Kier alpha value is -2.11. The Balaban J connectivity index is 2.12. The van der Waals surface area contributed by atoms with Gasteiger partial charge >= 0.3 is 12.0 Å². The molecule has 5 nitrogen and oxygen atoms in total. The van der Waals surface area contributed by atoms with E-state index in [9.17, 15) is 14.0 Å². The Labute approximate surface area is 116 Å². The number of aromatic carboxylic acids is 1. The van der Waals surface area contributed by atoms with Crippen molar-refractivity contribution in [2.75, 3.05) is 18.4 Å². The van der Waals surface area contributed by atoms with Crippen LogP contribution in [0.1, 0.15) is 30.1 Å². The normalized spacial score (nSPS) is 16.0. The lowest BCUT2D eigenvalue weighted by molar-refractivity contribution is 0.0693. The fourth-order valence-corrected chi connectivity index (χ4v) is 2.25. The van der Waals surface area contributed by atoms with E-state index in [-0.39, 0.29) is 11.7 Å². The minimum Gasteiger partial charge on any atom is -0.478 e. The summed E-state index contributed by atoms with van der Waals surface area (Å²) in [7, 11) is 0. The zero-order chi connectivity index (χ0) is 14.7. The molecule has 0 saturated carbocycles. The van der Waals surface area contributed by atoms with Crippen LogP contribution in [0.4, 0.5) is 14.9 Å². The third-order valence-electron chi connectivity index (χ3n) is 3.54. The fraction of sp³-hybridized carbons (Fsp3) is 0.429. The van der Waals surface area contributed by atoms with Gasteiger partial charge in [0.2, 0.25) is 0 Å². The number of nitrogens with zero attached hydrogens (tertiary/aromatic N) is 1. The number of anilines is 1. The van der Waals surface area contributed by atoms with Crippen LogP contribution in [-0.4, -0.2) is 35.1 Å².